The first-order valence-corrected chi connectivity index (χ1v) is 7.74. The van der Waals surface area contributed by atoms with Gasteiger partial charge in [0.25, 0.3) is 5.91 Å². The van der Waals surface area contributed by atoms with Crippen molar-refractivity contribution in [3.63, 3.8) is 0 Å². The van der Waals surface area contributed by atoms with Gasteiger partial charge in [-0.2, -0.15) is 0 Å². The maximum absolute atomic E-state index is 12.5. The molecule has 1 amide bonds. The van der Waals surface area contributed by atoms with E-state index < -0.39 is 23.7 Å². The second-order valence-corrected chi connectivity index (χ2v) is 6.34. The highest BCUT2D eigenvalue weighted by atomic mass is 79.9. The van der Waals surface area contributed by atoms with Crippen molar-refractivity contribution in [3.8, 4) is 0 Å². The van der Waals surface area contributed by atoms with Crippen LogP contribution in [-0.2, 0) is 10.4 Å². The minimum absolute atomic E-state index is 0.104. The first-order valence-electron chi connectivity index (χ1n) is 6.94. The number of hydrogen-bond donors (Lipinski definition) is 3. The zero-order valence-electron chi connectivity index (χ0n) is 12.2. The summed E-state index contributed by atoms with van der Waals surface area (Å²) < 4.78 is 0.660. The van der Waals surface area contributed by atoms with Gasteiger partial charge in [0.2, 0.25) is 0 Å². The number of anilines is 2. The summed E-state index contributed by atoms with van der Waals surface area (Å²) in [6, 6.07) is 10.3. The van der Waals surface area contributed by atoms with Gasteiger partial charge in [0.05, 0.1) is 12.1 Å². The molecule has 3 rings (SSSR count). The SMILES string of the molecule is O=C(CC1(O)C(=O)Nc2ccc(Br)cc21)c1cccc(N([O-])O)c1. The molecule has 1 aliphatic heterocycles. The van der Waals surface area contributed by atoms with Crippen LogP contribution in [0.2, 0.25) is 0 Å². The number of aliphatic hydroxyl groups is 1. The molecule has 1 atom stereocenters. The molecule has 0 aliphatic carbocycles. The molecule has 8 heteroatoms. The van der Waals surface area contributed by atoms with Gasteiger partial charge in [-0.15, -0.1) is 0 Å². The molecule has 0 bridgehead atoms. The van der Waals surface area contributed by atoms with Crippen molar-refractivity contribution in [2.24, 2.45) is 0 Å². The average Bonchev–Trinajstić information content (AvgIpc) is 2.79. The maximum atomic E-state index is 12.5. The molecule has 2 aromatic rings. The highest BCUT2D eigenvalue weighted by Gasteiger charge is 2.46. The first-order chi connectivity index (χ1) is 11.3. The topological polar surface area (TPSA) is 113 Å². The van der Waals surface area contributed by atoms with E-state index in [1.165, 1.54) is 24.3 Å². The minimum Gasteiger partial charge on any atom is -0.733 e. The highest BCUT2D eigenvalue weighted by Crippen LogP contribution is 2.40. The molecule has 0 saturated carbocycles. The van der Waals surface area contributed by atoms with E-state index in [1.54, 1.807) is 18.2 Å². The van der Waals surface area contributed by atoms with E-state index in [9.17, 15) is 19.9 Å². The van der Waals surface area contributed by atoms with Gasteiger partial charge in [-0.1, -0.05) is 28.1 Å². The molecular weight excluding hydrogens is 380 g/mol. The Balaban J connectivity index is 1.93. The Morgan fingerprint density at radius 2 is 2.04 bits per heavy atom. The highest BCUT2D eigenvalue weighted by molar-refractivity contribution is 9.10. The summed E-state index contributed by atoms with van der Waals surface area (Å²) in [5.41, 5.74) is -1.27. The van der Waals surface area contributed by atoms with Crippen LogP contribution < -0.4 is 10.5 Å². The first kappa shape index (κ1) is 16.6. The number of benzene rings is 2. The summed E-state index contributed by atoms with van der Waals surface area (Å²) in [5, 5.41) is 32.8. The van der Waals surface area contributed by atoms with E-state index in [2.05, 4.69) is 21.2 Å². The third kappa shape index (κ3) is 2.80. The number of ketones is 1. The van der Waals surface area contributed by atoms with Crippen LogP contribution in [0.5, 0.6) is 0 Å². The third-order valence-electron chi connectivity index (χ3n) is 3.86. The maximum Gasteiger partial charge on any atom is 0.261 e. The van der Waals surface area contributed by atoms with Gasteiger partial charge in [-0.3, -0.25) is 14.8 Å². The van der Waals surface area contributed by atoms with Gasteiger partial charge < -0.3 is 20.9 Å². The minimum atomic E-state index is -2.00. The molecule has 0 saturated heterocycles. The molecule has 2 aromatic carbocycles. The number of hydrogen-bond acceptors (Lipinski definition) is 6. The normalized spacial score (nSPS) is 18.9. The van der Waals surface area contributed by atoms with Crippen molar-refractivity contribution in [1.82, 2.24) is 0 Å². The molecule has 0 aromatic heterocycles. The standard InChI is InChI=1S/C16H12BrN2O5/c17-10-4-5-13-12(7-10)16(22,15(21)18-13)8-14(20)9-2-1-3-11(6-9)19(23)24/h1-7,22-23H,8H2,(H,18,21)/q-1. The lowest BCUT2D eigenvalue weighted by atomic mass is 9.88. The van der Waals surface area contributed by atoms with E-state index in [0.29, 0.717) is 15.7 Å². The number of nitrogens with one attached hydrogen (secondary N) is 1. The smallest absolute Gasteiger partial charge is 0.261 e. The van der Waals surface area contributed by atoms with Crippen LogP contribution in [-0.4, -0.2) is 22.0 Å². The molecule has 7 nitrogen and oxygen atoms in total. The Morgan fingerprint density at radius 1 is 1.29 bits per heavy atom. The number of amides is 1. The monoisotopic (exact) mass is 391 g/mol. The van der Waals surface area contributed by atoms with Gasteiger partial charge >= 0.3 is 0 Å². The number of rotatable bonds is 4. The Labute approximate surface area is 145 Å². The fraction of sp³-hybridized carbons (Fsp3) is 0.125. The summed E-state index contributed by atoms with van der Waals surface area (Å²) in [4.78, 5) is 24.6. The molecule has 124 valence electrons. The molecule has 1 heterocycles. The average molecular weight is 392 g/mol. The van der Waals surface area contributed by atoms with Crippen LogP contribution in [0.3, 0.4) is 0 Å². The predicted molar refractivity (Wildman–Crippen MR) is 89.7 cm³/mol. The van der Waals surface area contributed by atoms with E-state index in [-0.39, 0.29) is 16.5 Å². The lowest BCUT2D eigenvalue weighted by Crippen LogP contribution is -2.36. The van der Waals surface area contributed by atoms with Crippen LogP contribution in [0, 0.1) is 5.21 Å². The lowest BCUT2D eigenvalue weighted by molar-refractivity contribution is -0.133. The molecule has 0 radical (unpaired) electrons. The van der Waals surface area contributed by atoms with Crippen LogP contribution in [0.25, 0.3) is 0 Å². The second-order valence-electron chi connectivity index (χ2n) is 5.43. The van der Waals surface area contributed by atoms with Crippen molar-refractivity contribution < 1.29 is 19.9 Å². The van der Waals surface area contributed by atoms with E-state index in [0.717, 1.165) is 0 Å². The van der Waals surface area contributed by atoms with Gasteiger partial charge in [0, 0.05) is 21.3 Å². The van der Waals surface area contributed by atoms with Crippen molar-refractivity contribution in [1.29, 1.82) is 0 Å². The largest absolute Gasteiger partial charge is 0.733 e. The van der Waals surface area contributed by atoms with Crippen molar-refractivity contribution in [2.75, 3.05) is 10.5 Å². The number of nitrogens with zero attached hydrogens (tertiary/aromatic N) is 1. The van der Waals surface area contributed by atoms with Gasteiger partial charge in [0.15, 0.2) is 11.4 Å². The Bertz CT molecular complexity index is 839. The summed E-state index contributed by atoms with van der Waals surface area (Å²) in [7, 11) is 0. The van der Waals surface area contributed by atoms with Crippen molar-refractivity contribution in [2.45, 2.75) is 12.0 Å². The van der Waals surface area contributed by atoms with E-state index in [4.69, 9.17) is 5.21 Å². The van der Waals surface area contributed by atoms with Gasteiger partial charge in [-0.25, -0.2) is 0 Å². The number of Topliss-reactive ketones (excluding diaryl/α,β-unsaturated/α-hetero) is 1. The zero-order chi connectivity index (χ0) is 17.5. The summed E-state index contributed by atoms with van der Waals surface area (Å²) >= 11 is 3.27. The number of carbonyl (C=O) groups excluding carboxylic acids is 2. The van der Waals surface area contributed by atoms with Gasteiger partial charge in [0.1, 0.15) is 0 Å². The summed E-state index contributed by atoms with van der Waals surface area (Å²) in [6.45, 7) is 0. The molecule has 0 fully saturated rings. The van der Waals surface area contributed by atoms with Gasteiger partial charge in [-0.05, 0) is 30.3 Å². The molecule has 3 N–H and O–H groups in total. The Morgan fingerprint density at radius 3 is 2.75 bits per heavy atom. The van der Waals surface area contributed by atoms with Crippen LogP contribution >= 0.6 is 15.9 Å². The fourth-order valence-corrected chi connectivity index (χ4v) is 2.99. The third-order valence-corrected chi connectivity index (χ3v) is 4.35. The van der Waals surface area contributed by atoms with Crippen LogP contribution in [0.1, 0.15) is 22.3 Å². The lowest BCUT2D eigenvalue weighted by Gasteiger charge is -2.23. The quantitative estimate of drug-likeness (QED) is 0.545. The molecule has 0 spiro atoms. The molecule has 1 unspecified atom stereocenters. The second kappa shape index (κ2) is 5.99. The molecular formula is C16H12BrN2O5-. The number of halogens is 1. The van der Waals surface area contributed by atoms with Crippen molar-refractivity contribution in [3.05, 3.63) is 63.3 Å². The number of carbonyl (C=O) groups is 2. The summed E-state index contributed by atoms with van der Waals surface area (Å²) in [5.74, 6) is -1.23. The predicted octanol–water partition coefficient (Wildman–Crippen LogP) is 2.56. The Kier molecular flexibility index (Phi) is 4.14. The molecule has 24 heavy (non-hydrogen) atoms. The summed E-state index contributed by atoms with van der Waals surface area (Å²) in [6.07, 6.45) is -0.490. The van der Waals surface area contributed by atoms with E-state index in [1.807, 2.05) is 0 Å². The van der Waals surface area contributed by atoms with Crippen LogP contribution in [0.15, 0.2) is 46.9 Å². The van der Waals surface area contributed by atoms with Crippen molar-refractivity contribution >= 4 is 39.0 Å². The fourth-order valence-electron chi connectivity index (χ4n) is 2.62. The number of fused-ring (bicyclic) bond motifs is 1. The zero-order valence-corrected chi connectivity index (χ0v) is 13.8. The van der Waals surface area contributed by atoms with Crippen LogP contribution in [0.4, 0.5) is 11.4 Å². The molecule has 1 aliphatic rings. The van der Waals surface area contributed by atoms with E-state index >= 15 is 0 Å². The Hall–Kier alpha value is -2.26.